The second-order valence-electron chi connectivity index (χ2n) is 22.9. The molecule has 0 saturated carbocycles. The van der Waals surface area contributed by atoms with E-state index < -0.39 is 155 Å². The Kier molecular flexibility index (Phi) is 37.4. The Bertz CT molecular complexity index is 1740. The number of amides is 2. The summed E-state index contributed by atoms with van der Waals surface area (Å²) in [6, 6.07) is -2.61. The van der Waals surface area contributed by atoms with E-state index in [9.17, 15) is 75.7 Å². The van der Waals surface area contributed by atoms with Gasteiger partial charge >= 0.3 is 5.97 Å². The van der Waals surface area contributed by atoms with Crippen molar-refractivity contribution in [3.05, 3.63) is 12.2 Å². The highest BCUT2D eigenvalue weighted by Gasteiger charge is 2.60. The minimum Gasteiger partial charge on any atom is -0.477 e. The van der Waals surface area contributed by atoms with Gasteiger partial charge in [-0.25, -0.2) is 4.79 Å². The molecule has 23 nitrogen and oxygen atoms in total. The number of ether oxygens (including phenoxy) is 6. The van der Waals surface area contributed by atoms with Crippen LogP contribution in [0.5, 0.6) is 0 Å². The highest BCUT2D eigenvalue weighted by Crippen LogP contribution is 2.38. The molecule has 480 valence electrons. The molecule has 3 aliphatic heterocycles. The molecule has 0 spiro atoms. The summed E-state index contributed by atoms with van der Waals surface area (Å²) < 4.78 is 34.7. The topological polar surface area (TPSA) is 373 Å². The van der Waals surface area contributed by atoms with Crippen LogP contribution in [-0.2, 0) is 42.8 Å². The van der Waals surface area contributed by atoms with E-state index in [2.05, 4.69) is 24.5 Å². The van der Waals surface area contributed by atoms with Gasteiger partial charge in [0.2, 0.25) is 11.8 Å². The first kappa shape index (κ1) is 73.7. The fraction of sp³-hybridized carbons (Fsp3) is 0.915. The van der Waals surface area contributed by atoms with Gasteiger partial charge in [-0.05, 0) is 19.3 Å². The highest BCUT2D eigenvalue weighted by atomic mass is 16.8. The van der Waals surface area contributed by atoms with Crippen LogP contribution in [0.15, 0.2) is 12.2 Å². The van der Waals surface area contributed by atoms with Crippen LogP contribution in [0.4, 0.5) is 0 Å². The van der Waals surface area contributed by atoms with Gasteiger partial charge in [0.1, 0.15) is 67.1 Å². The molecule has 3 fully saturated rings. The minimum atomic E-state index is -3.08. The Labute approximate surface area is 486 Å². The average Bonchev–Trinajstić information content (AvgIpc) is 3.53. The number of rotatable bonds is 45. The van der Waals surface area contributed by atoms with Crippen molar-refractivity contribution in [1.29, 1.82) is 0 Å². The van der Waals surface area contributed by atoms with E-state index in [1.165, 1.54) is 116 Å². The number of aliphatic carboxylic acids is 1. The maximum absolute atomic E-state index is 13.4. The Balaban J connectivity index is 1.67. The number of carboxylic acid groups (broad SMARTS) is 1. The molecule has 18 unspecified atom stereocenters. The Morgan fingerprint density at radius 1 is 0.634 bits per heavy atom. The first-order chi connectivity index (χ1) is 39.4. The lowest BCUT2D eigenvalue weighted by Gasteiger charge is -2.50. The molecule has 3 rings (SSSR count). The van der Waals surface area contributed by atoms with Crippen LogP contribution in [0.25, 0.3) is 0 Å². The van der Waals surface area contributed by atoms with Crippen LogP contribution in [0.3, 0.4) is 0 Å². The average molecular weight is 1180 g/mol. The van der Waals surface area contributed by atoms with Crippen LogP contribution in [-0.4, -0.2) is 215 Å². The van der Waals surface area contributed by atoms with Crippen LogP contribution < -0.4 is 10.6 Å². The van der Waals surface area contributed by atoms with E-state index in [1.54, 1.807) is 6.08 Å². The van der Waals surface area contributed by atoms with Crippen molar-refractivity contribution in [2.24, 2.45) is 0 Å². The summed E-state index contributed by atoms with van der Waals surface area (Å²) in [6.07, 6.45) is 5.59. The fourth-order valence-electron chi connectivity index (χ4n) is 10.9. The fourth-order valence-corrected chi connectivity index (χ4v) is 10.9. The highest BCUT2D eigenvalue weighted by molar-refractivity contribution is 5.77. The lowest BCUT2D eigenvalue weighted by atomic mass is 9.88. The lowest BCUT2D eigenvalue weighted by molar-refractivity contribution is -0.386. The Morgan fingerprint density at radius 3 is 1.62 bits per heavy atom. The molecule has 0 radical (unpaired) electrons. The number of aliphatic hydroxyl groups excluding tert-OH is 11. The molecule has 3 aliphatic rings. The molecule has 0 aromatic rings. The van der Waals surface area contributed by atoms with E-state index in [0.717, 1.165) is 51.9 Å². The third kappa shape index (κ3) is 25.4. The van der Waals surface area contributed by atoms with Crippen LogP contribution >= 0.6 is 0 Å². The Hall–Kier alpha value is -2.53. The molecule has 82 heavy (non-hydrogen) atoms. The molecule has 3 heterocycles. The molecule has 0 aromatic carbocycles. The summed E-state index contributed by atoms with van der Waals surface area (Å²) >= 11 is 0. The molecule has 23 heteroatoms. The van der Waals surface area contributed by atoms with E-state index in [4.69, 9.17) is 28.4 Å². The van der Waals surface area contributed by atoms with Crippen molar-refractivity contribution in [2.45, 2.75) is 317 Å². The van der Waals surface area contributed by atoms with Crippen molar-refractivity contribution < 1.29 is 104 Å². The maximum atomic E-state index is 13.4. The van der Waals surface area contributed by atoms with Crippen molar-refractivity contribution in [3.8, 4) is 0 Å². The standard InChI is InChI=1S/C59H108N2O21/c1-4-6-8-10-12-14-16-18-20-22-24-26-28-30-32-41(66)40(61-46(69)33-31-29-27-25-23-21-19-17-15-13-11-9-7-5-2)38-77-56-51(73)50(72)53(45(37-64)79-56)80-57-52(74)55(49(71)44(36-63)78-57)82-59(58(75)76)34-42(67)47(60-39(3)65)54(81-59)48(70)43(68)35-62/h30,32,40-45,47-57,62-64,66-68,70-74H,4-29,31,33-38H2,1-3H3,(H,60,65)(H,61,69)(H,75,76)/b32-30+. The predicted octanol–water partition coefficient (Wildman–Crippen LogP) is 3.17. The number of aliphatic hydroxyl groups is 11. The summed E-state index contributed by atoms with van der Waals surface area (Å²) in [5.74, 6) is -6.14. The number of allylic oxidation sites excluding steroid dienone is 1. The van der Waals surface area contributed by atoms with Gasteiger partial charge in [0.15, 0.2) is 12.6 Å². The summed E-state index contributed by atoms with van der Waals surface area (Å²) in [5, 5.41) is 135. The van der Waals surface area contributed by atoms with Crippen molar-refractivity contribution >= 4 is 17.8 Å². The maximum Gasteiger partial charge on any atom is 0.364 e. The number of unbranched alkanes of at least 4 members (excludes halogenated alkanes) is 25. The first-order valence-electron chi connectivity index (χ1n) is 31.1. The second-order valence-corrected chi connectivity index (χ2v) is 22.9. The normalized spacial score (nSPS) is 30.2. The van der Waals surface area contributed by atoms with Gasteiger partial charge in [0, 0.05) is 19.8 Å². The monoisotopic (exact) mass is 1180 g/mol. The lowest BCUT2D eigenvalue weighted by Crippen LogP contribution is -2.70. The van der Waals surface area contributed by atoms with E-state index in [1.807, 2.05) is 6.08 Å². The number of hydrogen-bond donors (Lipinski definition) is 14. The predicted molar refractivity (Wildman–Crippen MR) is 301 cm³/mol. The third-order valence-corrected chi connectivity index (χ3v) is 16.0. The second kappa shape index (κ2) is 41.5. The molecule has 14 N–H and O–H groups in total. The van der Waals surface area contributed by atoms with Gasteiger partial charge in [-0.3, -0.25) is 9.59 Å². The summed E-state index contributed by atoms with van der Waals surface area (Å²) in [6.45, 7) is 2.10. The Morgan fingerprint density at radius 2 is 1.13 bits per heavy atom. The number of hydrogen-bond acceptors (Lipinski definition) is 20. The quantitative estimate of drug-likeness (QED) is 0.0307. The molecule has 0 aliphatic carbocycles. The van der Waals surface area contributed by atoms with E-state index in [-0.39, 0.29) is 12.3 Å². The van der Waals surface area contributed by atoms with E-state index in [0.29, 0.717) is 12.8 Å². The number of carbonyl (C=O) groups excluding carboxylic acids is 2. The summed E-state index contributed by atoms with van der Waals surface area (Å²) in [4.78, 5) is 38.4. The summed E-state index contributed by atoms with van der Waals surface area (Å²) in [7, 11) is 0. The molecule has 0 aromatic heterocycles. The molecule has 18 atom stereocenters. The SMILES string of the molecule is CCCCCCCCCCCCCC/C=C/C(O)C(COC1OC(CO)C(OC2OC(CO)C(O)C(OC3(C(=O)O)CC(O)C(NC(C)=O)C(C(O)C(O)CO)O3)C2O)C(O)C1O)NC(=O)CCCCCCCCCCCCCCCC. The largest absolute Gasteiger partial charge is 0.477 e. The zero-order chi connectivity index (χ0) is 60.5. The van der Waals surface area contributed by atoms with Crippen molar-refractivity contribution in [2.75, 3.05) is 26.4 Å². The third-order valence-electron chi connectivity index (χ3n) is 16.0. The van der Waals surface area contributed by atoms with Gasteiger partial charge in [-0.15, -0.1) is 0 Å². The van der Waals surface area contributed by atoms with Gasteiger partial charge in [-0.1, -0.05) is 180 Å². The van der Waals surface area contributed by atoms with Crippen LogP contribution in [0.2, 0.25) is 0 Å². The van der Waals surface area contributed by atoms with Gasteiger partial charge in [0.05, 0.1) is 50.7 Å². The van der Waals surface area contributed by atoms with Crippen LogP contribution in [0.1, 0.15) is 207 Å². The number of carbonyl (C=O) groups is 3. The van der Waals surface area contributed by atoms with Crippen LogP contribution in [0, 0.1) is 0 Å². The first-order valence-corrected chi connectivity index (χ1v) is 31.1. The zero-order valence-corrected chi connectivity index (χ0v) is 49.3. The summed E-state index contributed by atoms with van der Waals surface area (Å²) in [5.41, 5.74) is 0. The number of carboxylic acids is 1. The molecule has 3 saturated heterocycles. The van der Waals surface area contributed by atoms with Gasteiger partial charge in [-0.2, -0.15) is 0 Å². The molecular formula is C59H108N2O21. The zero-order valence-electron chi connectivity index (χ0n) is 49.3. The molecule has 0 bridgehead atoms. The molecule has 2 amide bonds. The smallest absolute Gasteiger partial charge is 0.364 e. The molecular weight excluding hydrogens is 1070 g/mol. The van der Waals surface area contributed by atoms with Crippen molar-refractivity contribution in [1.82, 2.24) is 10.6 Å². The van der Waals surface area contributed by atoms with Crippen molar-refractivity contribution in [3.63, 3.8) is 0 Å². The van der Waals surface area contributed by atoms with Gasteiger partial charge in [0.25, 0.3) is 5.79 Å². The number of nitrogens with one attached hydrogen (secondary N) is 2. The van der Waals surface area contributed by atoms with E-state index >= 15 is 0 Å². The van der Waals surface area contributed by atoms with Gasteiger partial charge < -0.3 is 100 Å². The minimum absolute atomic E-state index is 0.204.